The molecule has 0 unspecified atom stereocenters. The number of nitro groups is 1. The van der Waals surface area contributed by atoms with Crippen molar-refractivity contribution in [1.82, 2.24) is 0 Å². The molecule has 0 aliphatic rings. The minimum Gasteiger partial charge on any atom is -0.456 e. The van der Waals surface area contributed by atoms with Crippen LogP contribution >= 0.6 is 31.5 Å². The first-order valence-corrected chi connectivity index (χ1v) is 10.1. The molecule has 0 aromatic heterocycles. The lowest BCUT2D eigenvalue weighted by Gasteiger charge is -2.26. The van der Waals surface area contributed by atoms with Crippen LogP contribution in [0.2, 0.25) is 10.0 Å². The zero-order valence-corrected chi connectivity index (χ0v) is 17.9. The molecule has 0 atom stereocenters. The Morgan fingerprint density at radius 1 is 1.21 bits per heavy atom. The fourth-order valence-corrected chi connectivity index (χ4v) is 2.42. The van der Waals surface area contributed by atoms with E-state index in [4.69, 9.17) is 42.3 Å². The molecule has 28 heavy (non-hydrogen) atoms. The Labute approximate surface area is 173 Å². The van der Waals surface area contributed by atoms with E-state index in [0.29, 0.717) is 27.2 Å². The van der Waals surface area contributed by atoms with Gasteiger partial charge in [0.25, 0.3) is 5.69 Å². The van der Waals surface area contributed by atoms with Gasteiger partial charge in [0.1, 0.15) is 17.2 Å². The van der Waals surface area contributed by atoms with E-state index in [1.54, 1.807) is 24.3 Å². The predicted molar refractivity (Wildman–Crippen MR) is 111 cm³/mol. The van der Waals surface area contributed by atoms with Crippen molar-refractivity contribution in [3.8, 4) is 11.5 Å². The number of halogens is 2. The second-order valence-electron chi connectivity index (χ2n) is 6.26. The highest BCUT2D eigenvalue weighted by atomic mass is 35.5. The van der Waals surface area contributed by atoms with Crippen molar-refractivity contribution >= 4 is 42.8 Å². The first kappa shape index (κ1) is 24.2. The molecule has 0 saturated heterocycles. The molecule has 2 aromatic carbocycles. The summed E-state index contributed by atoms with van der Waals surface area (Å²) < 4.78 is 14.5. The van der Waals surface area contributed by atoms with E-state index in [0.717, 1.165) is 6.42 Å². The van der Waals surface area contributed by atoms with E-state index in [1.807, 2.05) is 20.8 Å². The third-order valence-corrected chi connectivity index (χ3v) is 4.17. The van der Waals surface area contributed by atoms with Crippen molar-refractivity contribution in [2.24, 2.45) is 0 Å². The zero-order valence-electron chi connectivity index (χ0n) is 15.4. The Balaban J connectivity index is 0.000000892. The van der Waals surface area contributed by atoms with Gasteiger partial charge < -0.3 is 19.8 Å². The number of nitrogens with zero attached hydrogens (tertiary/aromatic N) is 1. The van der Waals surface area contributed by atoms with Crippen molar-refractivity contribution in [3.63, 3.8) is 0 Å². The first-order chi connectivity index (χ1) is 12.9. The number of hydrogen-bond acceptors (Lipinski definition) is 5. The van der Waals surface area contributed by atoms with Crippen molar-refractivity contribution in [2.45, 2.75) is 32.7 Å². The molecule has 0 aliphatic heterocycles. The van der Waals surface area contributed by atoms with E-state index < -0.39 is 13.2 Å². The molecule has 11 heteroatoms. The summed E-state index contributed by atoms with van der Waals surface area (Å²) in [4.78, 5) is 25.1. The summed E-state index contributed by atoms with van der Waals surface area (Å²) >= 11 is 12.0. The van der Waals surface area contributed by atoms with Gasteiger partial charge in [0.15, 0.2) is 0 Å². The summed E-state index contributed by atoms with van der Waals surface area (Å²) in [5, 5.41) is 15.3. The molecule has 0 heterocycles. The molecular weight excluding hydrogens is 430 g/mol. The quantitative estimate of drug-likeness (QED) is 0.295. The zero-order chi connectivity index (χ0) is 21.5. The molecule has 8 nitrogen and oxygen atoms in total. The maximum absolute atomic E-state index is 11.2. The van der Waals surface area contributed by atoms with Gasteiger partial charge in [-0.15, -0.1) is 0 Å². The van der Waals surface area contributed by atoms with Crippen LogP contribution in [0.25, 0.3) is 0 Å². The Morgan fingerprint density at radius 3 is 2.32 bits per heavy atom. The lowest BCUT2D eigenvalue weighted by Crippen LogP contribution is -2.29. The first-order valence-electron chi connectivity index (χ1n) is 8.06. The normalized spacial score (nSPS) is 10.9. The number of benzene rings is 2. The molecule has 0 spiro atoms. The fraction of sp³-hybridized carbons (Fsp3) is 0.294. The van der Waals surface area contributed by atoms with Gasteiger partial charge in [-0.05, 0) is 44.5 Å². The van der Waals surface area contributed by atoms with Crippen molar-refractivity contribution < 1.29 is 24.0 Å². The molecule has 0 bridgehead atoms. The largest absolute Gasteiger partial charge is 0.456 e. The number of nitrogens with one attached hydrogen (secondary N) is 1. The molecule has 0 radical (unpaired) electrons. The van der Waals surface area contributed by atoms with Gasteiger partial charge in [0, 0.05) is 22.7 Å². The van der Waals surface area contributed by atoms with Gasteiger partial charge in [-0.1, -0.05) is 30.1 Å². The highest BCUT2D eigenvalue weighted by Crippen LogP contribution is 2.36. The van der Waals surface area contributed by atoms with Crippen molar-refractivity contribution in [3.05, 3.63) is 56.6 Å². The van der Waals surface area contributed by atoms with Crippen LogP contribution in [0.4, 0.5) is 11.4 Å². The van der Waals surface area contributed by atoms with Crippen LogP contribution in [0.15, 0.2) is 36.4 Å². The van der Waals surface area contributed by atoms with E-state index in [-0.39, 0.29) is 11.2 Å². The lowest BCUT2D eigenvalue weighted by molar-refractivity contribution is -0.384. The average Bonchev–Trinajstić information content (AvgIpc) is 2.56. The third-order valence-electron chi connectivity index (χ3n) is 3.64. The third kappa shape index (κ3) is 8.04. The van der Waals surface area contributed by atoms with Crippen LogP contribution in [0.3, 0.4) is 0 Å². The van der Waals surface area contributed by atoms with E-state index in [9.17, 15) is 10.1 Å². The number of hydrogen-bond donors (Lipinski definition) is 3. The Bertz CT molecular complexity index is 860. The maximum Gasteiger partial charge on any atom is 0.314 e. The predicted octanol–water partition coefficient (Wildman–Crippen LogP) is 5.66. The van der Waals surface area contributed by atoms with Crippen LogP contribution < -0.4 is 10.1 Å². The fourth-order valence-electron chi connectivity index (χ4n) is 1.98. The summed E-state index contributed by atoms with van der Waals surface area (Å²) in [5.74, 6) is 0.870. The molecule has 2 aromatic rings. The summed E-state index contributed by atoms with van der Waals surface area (Å²) in [5.41, 5.74) is 0.0990. The topological polar surface area (TPSA) is 122 Å². The molecule has 154 valence electrons. The van der Waals surface area contributed by atoms with Gasteiger partial charge in [0.2, 0.25) is 0 Å². The van der Waals surface area contributed by atoms with Crippen LogP contribution in [0, 0.1) is 10.1 Å². The summed E-state index contributed by atoms with van der Waals surface area (Å²) in [7, 11) is -3.13. The molecular formula is C17H21Cl2N2O6P. The molecule has 0 amide bonds. The Hall–Kier alpha value is -1.83. The minimum atomic E-state index is -3.13. The van der Waals surface area contributed by atoms with E-state index in [1.165, 1.54) is 12.1 Å². The summed E-state index contributed by atoms with van der Waals surface area (Å²) in [6, 6.07) is 9.42. The van der Waals surface area contributed by atoms with Crippen LogP contribution in [-0.4, -0.2) is 20.2 Å². The highest BCUT2D eigenvalue weighted by Gasteiger charge is 2.22. The molecule has 0 saturated carbocycles. The van der Waals surface area contributed by atoms with Gasteiger partial charge in [-0.25, -0.2) is 0 Å². The summed E-state index contributed by atoms with van der Waals surface area (Å²) in [6.07, 6.45) is 0.804. The van der Waals surface area contributed by atoms with Gasteiger partial charge in [-0.2, -0.15) is 0 Å². The van der Waals surface area contributed by atoms with Gasteiger partial charge in [-0.3, -0.25) is 14.7 Å². The van der Waals surface area contributed by atoms with Crippen molar-refractivity contribution in [2.75, 3.05) is 5.32 Å². The molecule has 3 N–H and O–H groups in total. The number of rotatable bonds is 6. The second-order valence-corrected chi connectivity index (χ2v) is 7.67. The smallest absolute Gasteiger partial charge is 0.314 e. The summed E-state index contributed by atoms with van der Waals surface area (Å²) in [6.45, 7) is 5.95. The van der Waals surface area contributed by atoms with Crippen LogP contribution in [-0.2, 0) is 4.57 Å². The maximum atomic E-state index is 11.2. The Kier molecular flexibility index (Phi) is 9.20. The lowest BCUT2D eigenvalue weighted by atomic mass is 10.0. The number of ether oxygens (including phenoxy) is 1. The molecule has 2 rings (SSSR count). The second kappa shape index (κ2) is 10.6. The Morgan fingerprint density at radius 2 is 1.82 bits per heavy atom. The number of nitro benzene ring substituents is 1. The van der Waals surface area contributed by atoms with E-state index in [2.05, 4.69) is 5.32 Å². The minimum absolute atomic E-state index is 0.00826. The van der Waals surface area contributed by atoms with Gasteiger partial charge >= 0.3 is 8.25 Å². The number of anilines is 1. The highest BCUT2D eigenvalue weighted by molar-refractivity contribution is 7.30. The van der Waals surface area contributed by atoms with Crippen LogP contribution in [0.5, 0.6) is 11.5 Å². The van der Waals surface area contributed by atoms with E-state index >= 15 is 0 Å². The average molecular weight is 451 g/mol. The van der Waals surface area contributed by atoms with Gasteiger partial charge in [0.05, 0.1) is 9.95 Å². The molecule has 0 aliphatic carbocycles. The standard InChI is InChI=1S/C17H18Cl2N2O3.H3O3P/c1-4-17(2,3)20-14-10-12(6-7-15(14)21(22)23)24-16-8-5-11(18)9-13(16)19;1-4(2)3/h5-10,20H,4H2,1-3H3;4H,(H2,1,2,3). The van der Waals surface area contributed by atoms with Crippen LogP contribution in [0.1, 0.15) is 27.2 Å². The SMILES string of the molecule is CCC(C)(C)Nc1cc(Oc2ccc(Cl)cc2Cl)ccc1[N+](=O)[O-].O=[PH](O)O. The monoisotopic (exact) mass is 450 g/mol. The van der Waals surface area contributed by atoms with Crippen molar-refractivity contribution in [1.29, 1.82) is 0 Å². The molecule has 0 fully saturated rings.